The molecule has 1 aromatic carbocycles. The van der Waals surface area contributed by atoms with Gasteiger partial charge in [0.25, 0.3) is 5.89 Å². The highest BCUT2D eigenvalue weighted by molar-refractivity contribution is 6.32. The van der Waals surface area contributed by atoms with Gasteiger partial charge in [-0.2, -0.15) is 4.98 Å². The molecule has 0 bridgehead atoms. The van der Waals surface area contributed by atoms with Gasteiger partial charge in [0, 0.05) is 5.56 Å². The number of rotatable bonds is 4. The lowest BCUT2D eigenvalue weighted by molar-refractivity contribution is 0.229. The average molecular weight is 255 g/mol. The molecule has 0 amide bonds. The molecule has 2 aromatic rings. The zero-order valence-electron chi connectivity index (χ0n) is 9.18. The van der Waals surface area contributed by atoms with E-state index in [1.165, 1.54) is 0 Å². The van der Waals surface area contributed by atoms with Gasteiger partial charge in [-0.1, -0.05) is 28.9 Å². The molecule has 0 aliphatic heterocycles. The second-order valence-electron chi connectivity index (χ2n) is 3.41. The van der Waals surface area contributed by atoms with Crippen molar-refractivity contribution in [3.05, 3.63) is 40.5 Å². The van der Waals surface area contributed by atoms with E-state index in [0.717, 1.165) is 0 Å². The number of halogens is 1. The third-order valence-electron chi connectivity index (χ3n) is 2.13. The molecule has 17 heavy (non-hydrogen) atoms. The Morgan fingerprint density at radius 3 is 2.94 bits per heavy atom. The largest absolute Gasteiger partial charge is 0.482 e. The summed E-state index contributed by atoms with van der Waals surface area (Å²) >= 11 is 5.98. The summed E-state index contributed by atoms with van der Waals surface area (Å²) in [5.41, 5.74) is 0.619. The summed E-state index contributed by atoms with van der Waals surface area (Å²) < 4.78 is 10.4. The highest BCUT2D eigenvalue weighted by atomic mass is 35.5. The summed E-state index contributed by atoms with van der Waals surface area (Å²) in [4.78, 5) is 4.00. The van der Waals surface area contributed by atoms with Crippen molar-refractivity contribution < 1.29 is 14.4 Å². The Bertz CT molecular complexity index is 513. The topological polar surface area (TPSA) is 68.4 Å². The van der Waals surface area contributed by atoms with Crippen LogP contribution in [0.4, 0.5) is 0 Å². The maximum Gasteiger partial charge on any atom is 0.264 e. The SMILES string of the molecule is Cc1noc(COc2c(Cl)cccc2CO)n1. The van der Waals surface area contributed by atoms with Crippen molar-refractivity contribution in [1.29, 1.82) is 0 Å². The van der Waals surface area contributed by atoms with Gasteiger partial charge in [0.05, 0.1) is 11.6 Å². The van der Waals surface area contributed by atoms with Crippen LogP contribution < -0.4 is 4.74 Å². The predicted octanol–water partition coefficient (Wildman–Crippen LogP) is 2.10. The summed E-state index contributed by atoms with van der Waals surface area (Å²) in [6.45, 7) is 1.71. The first-order valence-electron chi connectivity index (χ1n) is 5.01. The third kappa shape index (κ3) is 2.75. The molecular formula is C11H11ClN2O3. The van der Waals surface area contributed by atoms with Gasteiger partial charge >= 0.3 is 0 Å². The molecule has 0 fully saturated rings. The van der Waals surface area contributed by atoms with Crippen LogP contribution in [0.3, 0.4) is 0 Å². The van der Waals surface area contributed by atoms with Crippen molar-refractivity contribution in [2.75, 3.05) is 0 Å². The monoisotopic (exact) mass is 254 g/mol. The molecule has 0 atom stereocenters. The van der Waals surface area contributed by atoms with E-state index in [2.05, 4.69) is 10.1 Å². The number of aliphatic hydroxyl groups excluding tert-OH is 1. The number of benzene rings is 1. The standard InChI is InChI=1S/C11H11ClN2O3/c1-7-13-10(17-14-7)6-16-11-8(5-15)3-2-4-9(11)12/h2-4,15H,5-6H2,1H3. The molecule has 0 saturated carbocycles. The van der Waals surface area contributed by atoms with Crippen LogP contribution in [-0.2, 0) is 13.2 Å². The van der Waals surface area contributed by atoms with Gasteiger partial charge in [-0.05, 0) is 13.0 Å². The van der Waals surface area contributed by atoms with Gasteiger partial charge in [-0.15, -0.1) is 0 Å². The molecule has 90 valence electrons. The fourth-order valence-corrected chi connectivity index (χ4v) is 1.62. The van der Waals surface area contributed by atoms with Crippen molar-refractivity contribution in [3.8, 4) is 5.75 Å². The first-order chi connectivity index (χ1) is 8.20. The van der Waals surface area contributed by atoms with E-state index in [-0.39, 0.29) is 13.2 Å². The van der Waals surface area contributed by atoms with Crippen LogP contribution in [0.5, 0.6) is 5.75 Å². The second kappa shape index (κ2) is 5.16. The van der Waals surface area contributed by atoms with Crippen LogP contribution in [0.2, 0.25) is 5.02 Å². The van der Waals surface area contributed by atoms with Crippen molar-refractivity contribution in [3.63, 3.8) is 0 Å². The van der Waals surface area contributed by atoms with Crippen molar-refractivity contribution in [1.82, 2.24) is 10.1 Å². The van der Waals surface area contributed by atoms with E-state index in [1.54, 1.807) is 25.1 Å². The number of para-hydroxylation sites is 1. The lowest BCUT2D eigenvalue weighted by Crippen LogP contribution is -1.99. The van der Waals surface area contributed by atoms with Crippen molar-refractivity contribution in [2.24, 2.45) is 0 Å². The van der Waals surface area contributed by atoms with Crippen LogP contribution in [0.1, 0.15) is 17.3 Å². The van der Waals surface area contributed by atoms with Gasteiger partial charge < -0.3 is 14.4 Å². The first kappa shape index (κ1) is 11.9. The van der Waals surface area contributed by atoms with Gasteiger partial charge in [0.1, 0.15) is 5.75 Å². The summed E-state index contributed by atoms with van der Waals surface area (Å²) in [7, 11) is 0. The molecule has 0 spiro atoms. The lowest BCUT2D eigenvalue weighted by Gasteiger charge is -2.09. The van der Waals surface area contributed by atoms with Crippen LogP contribution in [-0.4, -0.2) is 15.2 Å². The number of hydrogen-bond acceptors (Lipinski definition) is 5. The van der Waals surface area contributed by atoms with Crippen LogP contribution in [0.15, 0.2) is 22.7 Å². The number of nitrogens with zero attached hydrogens (tertiary/aromatic N) is 2. The fourth-order valence-electron chi connectivity index (χ4n) is 1.37. The van der Waals surface area contributed by atoms with Crippen molar-refractivity contribution >= 4 is 11.6 Å². The van der Waals surface area contributed by atoms with E-state index < -0.39 is 0 Å². The van der Waals surface area contributed by atoms with Crippen molar-refractivity contribution in [2.45, 2.75) is 20.1 Å². The maximum absolute atomic E-state index is 9.15. The summed E-state index contributed by atoms with van der Waals surface area (Å²) in [6.07, 6.45) is 0. The quantitative estimate of drug-likeness (QED) is 0.905. The number of hydrogen-bond donors (Lipinski definition) is 1. The summed E-state index contributed by atoms with van der Waals surface area (Å²) in [5, 5.41) is 13.2. The van der Waals surface area contributed by atoms with E-state index >= 15 is 0 Å². The number of aryl methyl sites for hydroxylation is 1. The minimum atomic E-state index is -0.140. The number of aliphatic hydroxyl groups is 1. The Morgan fingerprint density at radius 1 is 1.47 bits per heavy atom. The Kier molecular flexibility index (Phi) is 3.61. The molecule has 6 heteroatoms. The van der Waals surface area contributed by atoms with Gasteiger partial charge in [-0.3, -0.25) is 0 Å². The first-order valence-corrected chi connectivity index (χ1v) is 5.38. The van der Waals surface area contributed by atoms with Crippen LogP contribution >= 0.6 is 11.6 Å². The zero-order chi connectivity index (χ0) is 12.3. The van der Waals surface area contributed by atoms with E-state index in [0.29, 0.717) is 28.1 Å². The van der Waals surface area contributed by atoms with Gasteiger partial charge in [-0.25, -0.2) is 0 Å². The predicted molar refractivity (Wildman–Crippen MR) is 60.7 cm³/mol. The highest BCUT2D eigenvalue weighted by Gasteiger charge is 2.10. The molecule has 5 nitrogen and oxygen atoms in total. The third-order valence-corrected chi connectivity index (χ3v) is 2.43. The van der Waals surface area contributed by atoms with Gasteiger partial charge in [0.2, 0.25) is 0 Å². The minimum Gasteiger partial charge on any atom is -0.482 e. The van der Waals surface area contributed by atoms with E-state index in [9.17, 15) is 0 Å². The Balaban J connectivity index is 2.13. The minimum absolute atomic E-state index is 0.123. The van der Waals surface area contributed by atoms with Gasteiger partial charge in [0.15, 0.2) is 12.4 Å². The molecule has 0 unspecified atom stereocenters. The lowest BCUT2D eigenvalue weighted by atomic mass is 10.2. The normalized spacial score (nSPS) is 10.5. The molecule has 1 N–H and O–H groups in total. The molecule has 1 aromatic heterocycles. The molecule has 0 aliphatic carbocycles. The number of aromatic nitrogens is 2. The molecule has 0 aliphatic rings. The summed E-state index contributed by atoms with van der Waals surface area (Å²) in [6, 6.07) is 5.17. The van der Waals surface area contributed by atoms with E-state index in [1.807, 2.05) is 0 Å². The van der Waals surface area contributed by atoms with Crippen LogP contribution in [0, 0.1) is 6.92 Å². The molecule has 2 rings (SSSR count). The van der Waals surface area contributed by atoms with E-state index in [4.69, 9.17) is 26.0 Å². The Hall–Kier alpha value is -1.59. The second-order valence-corrected chi connectivity index (χ2v) is 3.82. The molecule has 0 radical (unpaired) electrons. The number of ether oxygens (including phenoxy) is 1. The zero-order valence-corrected chi connectivity index (χ0v) is 9.94. The smallest absolute Gasteiger partial charge is 0.264 e. The molecular weight excluding hydrogens is 244 g/mol. The molecule has 0 saturated heterocycles. The average Bonchev–Trinajstić information content (AvgIpc) is 2.73. The molecule has 1 heterocycles. The highest BCUT2D eigenvalue weighted by Crippen LogP contribution is 2.29. The fraction of sp³-hybridized carbons (Fsp3) is 0.273. The Labute approximate surface area is 103 Å². The van der Waals surface area contributed by atoms with Crippen LogP contribution in [0.25, 0.3) is 0 Å². The maximum atomic E-state index is 9.15. The summed E-state index contributed by atoms with van der Waals surface area (Å²) in [5.74, 6) is 1.35. The Morgan fingerprint density at radius 2 is 2.29 bits per heavy atom.